The van der Waals surface area contributed by atoms with E-state index >= 15 is 0 Å². The number of thiophene rings is 1. The highest BCUT2D eigenvalue weighted by atomic mass is 32.1. The van der Waals surface area contributed by atoms with Crippen LogP contribution in [0.4, 0.5) is 4.39 Å². The summed E-state index contributed by atoms with van der Waals surface area (Å²) in [5.41, 5.74) is 0.749. The van der Waals surface area contributed by atoms with Gasteiger partial charge in [0.2, 0.25) is 0 Å². The molecule has 0 radical (unpaired) electrons. The molecule has 2 nitrogen and oxygen atoms in total. The first-order valence-electron chi connectivity index (χ1n) is 6.99. The van der Waals surface area contributed by atoms with Crippen molar-refractivity contribution in [1.82, 2.24) is 0 Å². The van der Waals surface area contributed by atoms with Crippen LogP contribution in [0.5, 0.6) is 0 Å². The zero-order valence-electron chi connectivity index (χ0n) is 12.6. The molecule has 2 heterocycles. The minimum absolute atomic E-state index is 0.212. The number of hydrogen-bond donors (Lipinski definition) is 0. The van der Waals surface area contributed by atoms with Gasteiger partial charge in [-0.3, -0.25) is 0 Å². The Morgan fingerprint density at radius 3 is 2.29 bits per heavy atom. The maximum Gasteiger partial charge on any atom is 0.505 e. The summed E-state index contributed by atoms with van der Waals surface area (Å²) in [6, 6.07) is 8.74. The average Bonchev–Trinajstić information content (AvgIpc) is 2.94. The van der Waals surface area contributed by atoms with Crippen molar-refractivity contribution in [3.8, 4) is 11.1 Å². The minimum atomic E-state index is -0.388. The standard InChI is InChI=1S/C16H18BFO2S/c1-15(2)16(3,4)20-17(19-15)14-9-11(10-21-14)12-7-5-6-8-13(12)18/h5-10H,1-4H3. The van der Waals surface area contributed by atoms with Crippen LogP contribution in [0.3, 0.4) is 0 Å². The van der Waals surface area contributed by atoms with Gasteiger partial charge in [0.15, 0.2) is 0 Å². The lowest BCUT2D eigenvalue weighted by atomic mass is 9.87. The molecule has 0 N–H and O–H groups in total. The molecule has 1 aliphatic heterocycles. The van der Waals surface area contributed by atoms with Gasteiger partial charge in [-0.2, -0.15) is 11.3 Å². The van der Waals surface area contributed by atoms with E-state index in [4.69, 9.17) is 9.31 Å². The zero-order valence-corrected chi connectivity index (χ0v) is 13.5. The van der Waals surface area contributed by atoms with Gasteiger partial charge in [0.25, 0.3) is 0 Å². The highest BCUT2D eigenvalue weighted by molar-refractivity contribution is 7.21. The summed E-state index contributed by atoms with van der Waals surface area (Å²) < 4.78 is 26.9. The van der Waals surface area contributed by atoms with E-state index in [1.807, 2.05) is 45.2 Å². The van der Waals surface area contributed by atoms with Crippen molar-refractivity contribution in [3.05, 3.63) is 41.5 Å². The highest BCUT2D eigenvalue weighted by Gasteiger charge is 2.52. The molecule has 1 aliphatic rings. The first-order chi connectivity index (χ1) is 9.80. The van der Waals surface area contributed by atoms with Gasteiger partial charge in [-0.1, -0.05) is 18.2 Å². The van der Waals surface area contributed by atoms with Gasteiger partial charge in [-0.05, 0) is 50.8 Å². The van der Waals surface area contributed by atoms with Gasteiger partial charge in [0.05, 0.1) is 11.2 Å². The average molecular weight is 304 g/mol. The second-order valence-electron chi connectivity index (χ2n) is 6.31. The Balaban J connectivity index is 1.89. The molecule has 5 heteroatoms. The Morgan fingerprint density at radius 1 is 1.05 bits per heavy atom. The lowest BCUT2D eigenvalue weighted by molar-refractivity contribution is 0.00578. The zero-order chi connectivity index (χ0) is 15.3. The van der Waals surface area contributed by atoms with Crippen molar-refractivity contribution < 1.29 is 13.7 Å². The highest BCUT2D eigenvalue weighted by Crippen LogP contribution is 2.37. The Labute approximate surface area is 129 Å². The Morgan fingerprint density at radius 2 is 1.67 bits per heavy atom. The van der Waals surface area contributed by atoms with Gasteiger partial charge < -0.3 is 9.31 Å². The van der Waals surface area contributed by atoms with Crippen LogP contribution in [-0.4, -0.2) is 18.3 Å². The Kier molecular flexibility index (Phi) is 3.47. The SMILES string of the molecule is CC1(C)OB(c2cc(-c3ccccc3F)cs2)OC1(C)C. The second-order valence-corrected chi connectivity index (χ2v) is 7.25. The normalized spacial score (nSPS) is 20.0. The van der Waals surface area contributed by atoms with Crippen LogP contribution in [0, 0.1) is 5.82 Å². The minimum Gasteiger partial charge on any atom is -0.399 e. The van der Waals surface area contributed by atoms with Gasteiger partial charge in [-0.15, -0.1) is 0 Å². The molecule has 110 valence electrons. The van der Waals surface area contributed by atoms with Gasteiger partial charge in [0, 0.05) is 10.3 Å². The summed E-state index contributed by atoms with van der Waals surface area (Å²) in [7, 11) is -0.388. The lowest BCUT2D eigenvalue weighted by Crippen LogP contribution is -2.41. The number of hydrogen-bond acceptors (Lipinski definition) is 3. The summed E-state index contributed by atoms with van der Waals surface area (Å²) in [5, 5.41) is 1.94. The summed E-state index contributed by atoms with van der Waals surface area (Å²) in [4.78, 5) is 0. The van der Waals surface area contributed by atoms with E-state index in [0.717, 1.165) is 10.3 Å². The molecule has 1 aromatic heterocycles. The van der Waals surface area contributed by atoms with Crippen LogP contribution in [0.2, 0.25) is 0 Å². The molecule has 1 fully saturated rings. The van der Waals surface area contributed by atoms with Crippen molar-refractivity contribution in [2.24, 2.45) is 0 Å². The van der Waals surface area contributed by atoms with Crippen molar-refractivity contribution in [2.45, 2.75) is 38.9 Å². The fourth-order valence-corrected chi connectivity index (χ4v) is 3.13. The molecule has 3 rings (SSSR count). The van der Waals surface area contributed by atoms with Crippen LogP contribution < -0.4 is 4.78 Å². The number of rotatable bonds is 2. The van der Waals surface area contributed by atoms with E-state index in [0.29, 0.717) is 5.56 Å². The molecule has 1 saturated heterocycles. The molecular weight excluding hydrogens is 286 g/mol. The summed E-state index contributed by atoms with van der Waals surface area (Å²) in [6.07, 6.45) is 0. The summed E-state index contributed by atoms with van der Waals surface area (Å²) in [6.45, 7) is 8.10. The van der Waals surface area contributed by atoms with E-state index in [-0.39, 0.29) is 24.1 Å². The smallest absolute Gasteiger partial charge is 0.399 e. The fourth-order valence-electron chi connectivity index (χ4n) is 2.27. The van der Waals surface area contributed by atoms with Crippen LogP contribution in [-0.2, 0) is 9.31 Å². The second kappa shape index (κ2) is 4.94. The quantitative estimate of drug-likeness (QED) is 0.785. The van der Waals surface area contributed by atoms with E-state index in [1.165, 1.54) is 17.4 Å². The molecule has 1 aromatic carbocycles. The largest absolute Gasteiger partial charge is 0.505 e. The predicted octanol–water partition coefficient (Wildman–Crippen LogP) is 3.85. The van der Waals surface area contributed by atoms with Crippen LogP contribution >= 0.6 is 11.3 Å². The molecule has 0 unspecified atom stereocenters. The Bertz CT molecular complexity index is 650. The van der Waals surface area contributed by atoms with Crippen LogP contribution in [0.15, 0.2) is 35.7 Å². The molecule has 0 bridgehead atoms. The third-order valence-corrected chi connectivity index (χ3v) is 5.24. The van der Waals surface area contributed by atoms with Gasteiger partial charge in [-0.25, -0.2) is 4.39 Å². The van der Waals surface area contributed by atoms with Crippen molar-refractivity contribution in [3.63, 3.8) is 0 Å². The third kappa shape index (κ3) is 2.54. The van der Waals surface area contributed by atoms with Gasteiger partial charge in [0.1, 0.15) is 5.82 Å². The summed E-state index contributed by atoms with van der Waals surface area (Å²) in [5.74, 6) is -0.212. The molecule has 0 saturated carbocycles. The first kappa shape index (κ1) is 14.8. The lowest BCUT2D eigenvalue weighted by Gasteiger charge is -2.32. The van der Waals surface area contributed by atoms with E-state index in [1.54, 1.807) is 12.1 Å². The predicted molar refractivity (Wildman–Crippen MR) is 85.4 cm³/mol. The Hall–Kier alpha value is -1.17. The maximum absolute atomic E-state index is 13.9. The number of halogens is 1. The molecule has 2 aromatic rings. The van der Waals surface area contributed by atoms with E-state index in [2.05, 4.69) is 0 Å². The summed E-state index contributed by atoms with van der Waals surface area (Å²) >= 11 is 1.54. The maximum atomic E-state index is 13.9. The van der Waals surface area contributed by atoms with Crippen molar-refractivity contribution in [1.29, 1.82) is 0 Å². The molecule has 0 atom stereocenters. The molecule has 21 heavy (non-hydrogen) atoms. The van der Waals surface area contributed by atoms with Crippen LogP contribution in [0.25, 0.3) is 11.1 Å². The van der Waals surface area contributed by atoms with Gasteiger partial charge >= 0.3 is 7.12 Å². The van der Waals surface area contributed by atoms with Crippen molar-refractivity contribution in [2.75, 3.05) is 0 Å². The molecule has 0 amide bonds. The number of benzene rings is 1. The monoisotopic (exact) mass is 304 g/mol. The molecular formula is C16H18BFO2S. The van der Waals surface area contributed by atoms with E-state index in [9.17, 15) is 4.39 Å². The fraction of sp³-hybridized carbons (Fsp3) is 0.375. The first-order valence-corrected chi connectivity index (χ1v) is 7.87. The molecule has 0 aliphatic carbocycles. The third-order valence-electron chi connectivity index (χ3n) is 4.29. The van der Waals surface area contributed by atoms with E-state index < -0.39 is 0 Å². The topological polar surface area (TPSA) is 18.5 Å². The molecule has 0 spiro atoms. The van der Waals surface area contributed by atoms with Crippen molar-refractivity contribution >= 4 is 23.2 Å². The van der Waals surface area contributed by atoms with Crippen LogP contribution in [0.1, 0.15) is 27.7 Å².